The molecule has 11 nitrogen and oxygen atoms in total. The molecule has 1 aliphatic heterocycles. The Morgan fingerprint density at radius 3 is 2.24 bits per heavy atom. The Balaban J connectivity index is 1.20. The van der Waals surface area contributed by atoms with E-state index in [-0.39, 0.29) is 37.4 Å². The second-order valence-electron chi connectivity index (χ2n) is 9.59. The van der Waals surface area contributed by atoms with Gasteiger partial charge >= 0.3 is 18.0 Å². The molecule has 0 unspecified atom stereocenters. The lowest BCUT2D eigenvalue weighted by molar-refractivity contribution is -0.149. The number of carbonyl (C=O) groups is 4. The van der Waals surface area contributed by atoms with Crippen LogP contribution >= 0.6 is 0 Å². The number of hydrogen-bond donors (Lipinski definition) is 3. The molecule has 42 heavy (non-hydrogen) atoms. The maximum Gasteiger partial charge on any atom is 0.415 e. The number of carbonyl (C=O) groups excluding carboxylic acids is 4. The number of amidine groups is 1. The number of amides is 2. The molecule has 3 aromatic carbocycles. The van der Waals surface area contributed by atoms with E-state index in [1.807, 2.05) is 66.7 Å². The Kier molecular flexibility index (Phi) is 10.2. The van der Waals surface area contributed by atoms with Crippen LogP contribution in [0.15, 0.2) is 78.9 Å². The summed E-state index contributed by atoms with van der Waals surface area (Å²) in [4.78, 5) is 47.0. The van der Waals surface area contributed by atoms with Crippen LogP contribution in [0.25, 0.3) is 11.1 Å². The van der Waals surface area contributed by atoms with Crippen LogP contribution in [-0.2, 0) is 35.2 Å². The monoisotopic (exact) mass is 573 g/mol. The summed E-state index contributed by atoms with van der Waals surface area (Å²) in [6.45, 7) is 1.11. The highest BCUT2D eigenvalue weighted by molar-refractivity contribution is 6.04. The summed E-state index contributed by atoms with van der Waals surface area (Å²) in [5.74, 6) is -1.15. The summed E-state index contributed by atoms with van der Waals surface area (Å²) in [6.07, 6.45) is -0.398. The predicted octanol–water partition coefficient (Wildman–Crippen LogP) is 3.94. The predicted molar refractivity (Wildman–Crippen MR) is 151 cm³/mol. The zero-order valence-corrected chi connectivity index (χ0v) is 23.0. The Hall–Kier alpha value is -5.19. The number of ether oxygens (including phenoxy) is 4. The number of hydrogen-bond acceptors (Lipinski definition) is 9. The number of esters is 2. The molecule has 1 saturated heterocycles. The number of alkyl carbamates (subject to hydrolysis) is 1. The fourth-order valence-corrected chi connectivity index (χ4v) is 4.26. The third kappa shape index (κ3) is 8.91. The van der Waals surface area contributed by atoms with Crippen molar-refractivity contribution in [2.75, 3.05) is 13.4 Å². The van der Waals surface area contributed by atoms with Gasteiger partial charge in [0, 0.05) is 12.5 Å². The Morgan fingerprint density at radius 1 is 0.905 bits per heavy atom. The van der Waals surface area contributed by atoms with Gasteiger partial charge in [-0.1, -0.05) is 66.7 Å². The van der Waals surface area contributed by atoms with E-state index in [4.69, 9.17) is 14.9 Å². The van der Waals surface area contributed by atoms with Crippen LogP contribution in [0.2, 0.25) is 0 Å². The van der Waals surface area contributed by atoms with Crippen LogP contribution in [-0.4, -0.2) is 49.2 Å². The molecule has 2 atom stereocenters. The molecule has 4 rings (SSSR count). The van der Waals surface area contributed by atoms with Gasteiger partial charge in [0.25, 0.3) is 0 Å². The minimum absolute atomic E-state index is 0.0261. The molecule has 0 aromatic heterocycles. The SMILES string of the molecule is CC(=O)OCOC(=O)NC(=N)c1ccc(-c2ccc(OC[C@@H]3C[C@@H](CC(=O)OCc4ccccc4)C(=O)N3)cc2)cc1. The van der Waals surface area contributed by atoms with E-state index in [1.165, 1.54) is 6.92 Å². The van der Waals surface area contributed by atoms with Crippen molar-refractivity contribution in [2.24, 2.45) is 5.92 Å². The Bertz CT molecular complexity index is 1410. The fourth-order valence-electron chi connectivity index (χ4n) is 4.26. The van der Waals surface area contributed by atoms with E-state index in [2.05, 4.69) is 20.1 Å². The van der Waals surface area contributed by atoms with Crippen molar-refractivity contribution in [3.05, 3.63) is 90.0 Å². The molecule has 1 aliphatic rings. The largest absolute Gasteiger partial charge is 0.491 e. The van der Waals surface area contributed by atoms with Gasteiger partial charge in [-0.05, 0) is 35.2 Å². The first-order valence-corrected chi connectivity index (χ1v) is 13.3. The topological polar surface area (TPSA) is 153 Å². The standard InChI is InChI=1S/C31H31N3O8/c1-20(35)41-19-42-31(38)34-29(32)24-9-7-22(8-10-24)23-11-13-27(14-12-23)39-18-26-15-25(30(37)33-26)16-28(36)40-17-21-5-3-2-4-6-21/h2-14,25-26H,15-19H2,1H3,(H,33,37)(H2,32,34,38)/t25-,26-/m0/s1. The highest BCUT2D eigenvalue weighted by Crippen LogP contribution is 2.25. The molecule has 218 valence electrons. The number of benzene rings is 3. The van der Waals surface area contributed by atoms with Crippen molar-refractivity contribution >= 4 is 29.8 Å². The lowest BCUT2D eigenvalue weighted by Crippen LogP contribution is -2.31. The van der Waals surface area contributed by atoms with E-state index < -0.39 is 30.7 Å². The third-order valence-corrected chi connectivity index (χ3v) is 6.43. The lowest BCUT2D eigenvalue weighted by Gasteiger charge is -2.13. The Morgan fingerprint density at radius 2 is 1.57 bits per heavy atom. The zero-order valence-electron chi connectivity index (χ0n) is 23.0. The summed E-state index contributed by atoms with van der Waals surface area (Å²) in [5, 5.41) is 13.2. The summed E-state index contributed by atoms with van der Waals surface area (Å²) >= 11 is 0. The summed E-state index contributed by atoms with van der Waals surface area (Å²) < 4.78 is 20.4. The smallest absolute Gasteiger partial charge is 0.415 e. The highest BCUT2D eigenvalue weighted by Gasteiger charge is 2.34. The Labute approximate surface area is 242 Å². The van der Waals surface area contributed by atoms with Crippen LogP contribution in [0.5, 0.6) is 5.75 Å². The van der Waals surface area contributed by atoms with Gasteiger partial charge in [-0.25, -0.2) is 4.79 Å². The molecule has 11 heteroatoms. The summed E-state index contributed by atoms with van der Waals surface area (Å²) in [7, 11) is 0. The fraction of sp³-hybridized carbons (Fsp3) is 0.258. The second kappa shape index (κ2) is 14.4. The summed E-state index contributed by atoms with van der Waals surface area (Å²) in [5.41, 5.74) is 3.16. The van der Waals surface area contributed by atoms with E-state index in [1.54, 1.807) is 12.1 Å². The molecule has 0 aliphatic carbocycles. The first-order valence-electron chi connectivity index (χ1n) is 13.3. The summed E-state index contributed by atoms with van der Waals surface area (Å²) in [6, 6.07) is 23.6. The van der Waals surface area contributed by atoms with Crippen LogP contribution in [0.4, 0.5) is 4.79 Å². The molecular weight excluding hydrogens is 542 g/mol. The molecule has 2 amide bonds. The van der Waals surface area contributed by atoms with Gasteiger partial charge in [0.2, 0.25) is 12.7 Å². The van der Waals surface area contributed by atoms with Crippen molar-refractivity contribution < 1.29 is 38.1 Å². The van der Waals surface area contributed by atoms with Gasteiger partial charge in [0.15, 0.2) is 0 Å². The van der Waals surface area contributed by atoms with Crippen molar-refractivity contribution in [1.82, 2.24) is 10.6 Å². The minimum Gasteiger partial charge on any atom is -0.491 e. The number of nitrogens with one attached hydrogen (secondary N) is 3. The van der Waals surface area contributed by atoms with E-state index >= 15 is 0 Å². The van der Waals surface area contributed by atoms with Gasteiger partial charge in [-0.3, -0.25) is 25.1 Å². The first-order chi connectivity index (χ1) is 20.3. The van der Waals surface area contributed by atoms with E-state index in [9.17, 15) is 19.2 Å². The molecule has 3 N–H and O–H groups in total. The second-order valence-corrected chi connectivity index (χ2v) is 9.59. The van der Waals surface area contributed by atoms with Gasteiger partial charge in [0.05, 0.1) is 18.4 Å². The van der Waals surface area contributed by atoms with Crippen LogP contribution in [0, 0.1) is 11.3 Å². The van der Waals surface area contributed by atoms with Crippen LogP contribution in [0.1, 0.15) is 30.9 Å². The lowest BCUT2D eigenvalue weighted by atomic mass is 10.0. The molecule has 0 spiro atoms. The van der Waals surface area contributed by atoms with Gasteiger partial charge in [-0.2, -0.15) is 0 Å². The normalized spacial score (nSPS) is 15.7. The average Bonchev–Trinajstić information content (AvgIpc) is 3.34. The van der Waals surface area contributed by atoms with Gasteiger partial charge in [-0.15, -0.1) is 0 Å². The van der Waals surface area contributed by atoms with Crippen molar-refractivity contribution in [2.45, 2.75) is 32.4 Å². The third-order valence-electron chi connectivity index (χ3n) is 6.43. The minimum atomic E-state index is -0.907. The first kappa shape index (κ1) is 29.8. The number of rotatable bonds is 11. The van der Waals surface area contributed by atoms with E-state index in [0.29, 0.717) is 17.7 Å². The molecular formula is C31H31N3O8. The average molecular weight is 574 g/mol. The van der Waals surface area contributed by atoms with Crippen LogP contribution < -0.4 is 15.4 Å². The van der Waals surface area contributed by atoms with Crippen molar-refractivity contribution in [3.8, 4) is 16.9 Å². The van der Waals surface area contributed by atoms with Crippen molar-refractivity contribution in [3.63, 3.8) is 0 Å². The molecule has 3 aromatic rings. The van der Waals surface area contributed by atoms with E-state index in [0.717, 1.165) is 16.7 Å². The molecule has 1 fully saturated rings. The zero-order chi connectivity index (χ0) is 29.9. The van der Waals surface area contributed by atoms with Gasteiger partial charge in [0.1, 0.15) is 24.8 Å². The molecule has 1 heterocycles. The highest BCUT2D eigenvalue weighted by atomic mass is 16.7. The van der Waals surface area contributed by atoms with Crippen molar-refractivity contribution in [1.29, 1.82) is 5.41 Å². The van der Waals surface area contributed by atoms with Crippen LogP contribution in [0.3, 0.4) is 0 Å². The molecule has 0 saturated carbocycles. The maximum absolute atomic E-state index is 12.4. The maximum atomic E-state index is 12.4. The molecule has 0 radical (unpaired) electrons. The molecule has 0 bridgehead atoms. The van der Waals surface area contributed by atoms with Gasteiger partial charge < -0.3 is 24.3 Å². The quantitative estimate of drug-likeness (QED) is 0.135.